The van der Waals surface area contributed by atoms with Crippen molar-refractivity contribution >= 4 is 104 Å². The fourth-order valence-corrected chi connectivity index (χ4v) is 14.7. The molecule has 0 fully saturated rings. The smallest absolute Gasteiger partial charge is 0.333 e. The quantitative estimate of drug-likeness (QED) is 0.153. The first kappa shape index (κ1) is 39.4. The van der Waals surface area contributed by atoms with Gasteiger partial charge in [0.05, 0.1) is 16.4 Å². The second-order valence-corrected chi connectivity index (χ2v) is 24.6. The third-order valence-corrected chi connectivity index (χ3v) is 18.5. The second-order valence-electron chi connectivity index (χ2n) is 23.5. The molecule has 11 aromatic rings. The first-order valence-corrected chi connectivity index (χ1v) is 25.6. The molecule has 5 heterocycles. The van der Waals surface area contributed by atoms with Gasteiger partial charge in [0.15, 0.2) is 0 Å². The van der Waals surface area contributed by atoms with Gasteiger partial charge >= 0.3 is 6.85 Å². The zero-order valence-corrected chi connectivity index (χ0v) is 41.2. The minimum Gasteiger partial charge on any atom is -0.455 e. The average Bonchev–Trinajstić information content (AvgIpc) is 4.05. The summed E-state index contributed by atoms with van der Waals surface area (Å²) in [5.74, 6) is 0. The van der Waals surface area contributed by atoms with Crippen LogP contribution in [0.5, 0.6) is 0 Å². The second kappa shape index (κ2) is 12.6. The summed E-state index contributed by atoms with van der Waals surface area (Å²) >= 11 is 1.90. The maximum absolute atomic E-state index is 6.92. The number of benzene rings is 8. The van der Waals surface area contributed by atoms with E-state index in [4.69, 9.17) is 4.42 Å². The SMILES string of the molecule is CC(C)(C)c1ccc(N2B3c4cc5c(cc4-n4c6ccc7c8ccccc8oc7c6c6ccc(c3c64)-c3cc4c(cc32)C(C)(C)c2cc3c(cc2-4)C(C)(C)CCC3(C)C)sc2ccccc25)cc1. The van der Waals surface area contributed by atoms with Crippen LogP contribution in [-0.2, 0) is 21.7 Å². The molecule has 68 heavy (non-hydrogen) atoms. The number of rotatable bonds is 1. The summed E-state index contributed by atoms with van der Waals surface area (Å²) in [6.07, 6.45) is 2.40. The maximum atomic E-state index is 6.92. The molecule has 0 spiro atoms. The normalized spacial score (nSPS) is 17.1. The van der Waals surface area contributed by atoms with Crippen molar-refractivity contribution in [3.63, 3.8) is 0 Å². The Balaban J connectivity index is 1.09. The molecule has 5 heteroatoms. The molecule has 3 aromatic heterocycles. The Labute approximate surface area is 402 Å². The van der Waals surface area contributed by atoms with E-state index in [0.29, 0.717) is 0 Å². The lowest BCUT2D eigenvalue weighted by Crippen LogP contribution is -2.60. The van der Waals surface area contributed by atoms with Crippen LogP contribution in [0.1, 0.15) is 103 Å². The highest BCUT2D eigenvalue weighted by Crippen LogP contribution is 2.58. The maximum Gasteiger partial charge on any atom is 0.333 e. The molecule has 2 aliphatic carbocycles. The number of aromatic nitrogens is 1. The number of para-hydroxylation sites is 1. The molecule has 8 aromatic carbocycles. The van der Waals surface area contributed by atoms with Gasteiger partial charge in [0.2, 0.25) is 0 Å². The molecular weight excluding hydrogens is 844 g/mol. The van der Waals surface area contributed by atoms with Gasteiger partial charge in [-0.3, -0.25) is 0 Å². The topological polar surface area (TPSA) is 21.3 Å². The number of hydrogen-bond donors (Lipinski definition) is 0. The fraction of sp³-hybridized carbons (Fsp3) is 0.238. The van der Waals surface area contributed by atoms with E-state index in [1.54, 1.807) is 0 Å². The third kappa shape index (κ3) is 4.86. The zero-order valence-electron chi connectivity index (χ0n) is 40.4. The molecule has 330 valence electrons. The van der Waals surface area contributed by atoms with E-state index in [2.05, 4.69) is 205 Å². The monoisotopic (exact) mass is 896 g/mol. The zero-order chi connectivity index (χ0) is 46.1. The molecule has 0 unspecified atom stereocenters. The largest absolute Gasteiger partial charge is 0.455 e. The summed E-state index contributed by atoms with van der Waals surface area (Å²) in [5.41, 5.74) is 23.6. The lowest BCUT2D eigenvalue weighted by atomic mass is 9.44. The van der Waals surface area contributed by atoms with Crippen molar-refractivity contribution in [1.29, 1.82) is 0 Å². The van der Waals surface area contributed by atoms with Crippen molar-refractivity contribution < 1.29 is 4.42 Å². The van der Waals surface area contributed by atoms with Crippen molar-refractivity contribution in [2.45, 2.75) is 96.8 Å². The van der Waals surface area contributed by atoms with E-state index in [1.807, 2.05) is 11.3 Å². The van der Waals surface area contributed by atoms with Crippen molar-refractivity contribution in [2.75, 3.05) is 4.81 Å². The van der Waals surface area contributed by atoms with E-state index in [1.165, 1.54) is 133 Å². The highest BCUT2D eigenvalue weighted by atomic mass is 32.1. The Morgan fingerprint density at radius 1 is 0.559 bits per heavy atom. The molecule has 0 radical (unpaired) electrons. The Morgan fingerprint density at radius 3 is 2.03 bits per heavy atom. The molecule has 2 aliphatic heterocycles. The Bertz CT molecular complexity index is 4110. The number of hydrogen-bond acceptors (Lipinski definition) is 3. The predicted octanol–water partition coefficient (Wildman–Crippen LogP) is 16.2. The molecule has 4 aliphatic rings. The number of fused-ring (bicyclic) bond motifs is 19. The van der Waals surface area contributed by atoms with E-state index in [-0.39, 0.29) is 28.5 Å². The van der Waals surface area contributed by atoms with Gasteiger partial charge in [0, 0.05) is 64.4 Å². The van der Waals surface area contributed by atoms with Crippen LogP contribution in [0.2, 0.25) is 0 Å². The summed E-state index contributed by atoms with van der Waals surface area (Å²) in [6, 6.07) is 52.1. The molecule has 0 atom stereocenters. The summed E-state index contributed by atoms with van der Waals surface area (Å²) in [6.45, 7) is 21.7. The lowest BCUT2D eigenvalue weighted by molar-refractivity contribution is 0.331. The van der Waals surface area contributed by atoms with Gasteiger partial charge in [-0.05, 0) is 145 Å². The minimum atomic E-state index is -0.186. The third-order valence-electron chi connectivity index (χ3n) is 17.4. The van der Waals surface area contributed by atoms with Gasteiger partial charge in [-0.2, -0.15) is 0 Å². The highest BCUT2D eigenvalue weighted by molar-refractivity contribution is 7.26. The van der Waals surface area contributed by atoms with Gasteiger partial charge < -0.3 is 13.8 Å². The van der Waals surface area contributed by atoms with E-state index in [9.17, 15) is 0 Å². The van der Waals surface area contributed by atoms with E-state index < -0.39 is 0 Å². The van der Waals surface area contributed by atoms with Crippen molar-refractivity contribution in [2.24, 2.45) is 0 Å². The van der Waals surface area contributed by atoms with Crippen molar-refractivity contribution in [3.05, 3.63) is 161 Å². The minimum absolute atomic E-state index is 0.0298. The summed E-state index contributed by atoms with van der Waals surface area (Å²) in [7, 11) is 0. The van der Waals surface area contributed by atoms with Crippen LogP contribution in [0.15, 0.2) is 138 Å². The summed E-state index contributed by atoms with van der Waals surface area (Å²) < 4.78 is 12.2. The van der Waals surface area contributed by atoms with Crippen LogP contribution in [0, 0.1) is 0 Å². The van der Waals surface area contributed by atoms with Gasteiger partial charge in [0.25, 0.3) is 0 Å². The molecule has 15 rings (SSSR count). The average molecular weight is 897 g/mol. The summed E-state index contributed by atoms with van der Waals surface area (Å²) in [5, 5.41) is 7.40. The number of nitrogens with zero attached hydrogens (tertiary/aromatic N) is 2. The van der Waals surface area contributed by atoms with Crippen LogP contribution in [0.25, 0.3) is 91.9 Å². The molecule has 0 saturated heterocycles. The van der Waals surface area contributed by atoms with Crippen molar-refractivity contribution in [3.8, 4) is 27.9 Å². The van der Waals surface area contributed by atoms with Crippen LogP contribution in [-0.4, -0.2) is 11.4 Å². The molecule has 0 saturated carbocycles. The van der Waals surface area contributed by atoms with Crippen LogP contribution >= 0.6 is 11.3 Å². The van der Waals surface area contributed by atoms with E-state index >= 15 is 0 Å². The highest BCUT2D eigenvalue weighted by Gasteiger charge is 2.48. The molecule has 3 nitrogen and oxygen atoms in total. The van der Waals surface area contributed by atoms with Crippen LogP contribution in [0.4, 0.5) is 11.4 Å². The van der Waals surface area contributed by atoms with Gasteiger partial charge in [-0.15, -0.1) is 11.3 Å². The Hall–Kier alpha value is -6.56. The number of anilines is 2. The summed E-state index contributed by atoms with van der Waals surface area (Å²) in [4.78, 5) is 2.73. The van der Waals surface area contributed by atoms with Crippen LogP contribution < -0.4 is 15.7 Å². The molecule has 0 amide bonds. The number of furan rings is 1. The van der Waals surface area contributed by atoms with E-state index in [0.717, 1.165) is 21.9 Å². The standard InChI is InChI=1S/C63H53BN2OS/c1-60(2,3)34-18-20-35(21-19-34)66-51-32-46-41(42-29-47-48(31-45(42)63(46,8)9)62(6,7)27-26-61(47,4)5)28-43(51)38-22-23-40-56-50(25-24-39-36-14-10-12-16-53(36)67-59(39)56)65-52-33-55-44(37-15-11-13-17-54(37)68-55)30-49(52)64(66)57(38)58(40)65/h10-25,28-33H,26-27H2,1-9H3. The first-order chi connectivity index (χ1) is 32.6. The Kier molecular flexibility index (Phi) is 7.28. The molecule has 0 N–H and O–H groups in total. The Morgan fingerprint density at radius 2 is 1.25 bits per heavy atom. The van der Waals surface area contributed by atoms with Gasteiger partial charge in [-0.1, -0.05) is 135 Å². The lowest BCUT2D eigenvalue weighted by Gasteiger charge is -2.42. The predicted molar refractivity (Wildman–Crippen MR) is 292 cm³/mol. The van der Waals surface area contributed by atoms with Crippen molar-refractivity contribution in [1.82, 2.24) is 4.57 Å². The van der Waals surface area contributed by atoms with Crippen LogP contribution in [0.3, 0.4) is 0 Å². The fourth-order valence-electron chi connectivity index (χ4n) is 13.6. The van der Waals surface area contributed by atoms with Gasteiger partial charge in [-0.25, -0.2) is 0 Å². The number of thiophene rings is 1. The molecular formula is C63H53BN2OS. The molecule has 0 bridgehead atoms. The van der Waals surface area contributed by atoms with Gasteiger partial charge in [0.1, 0.15) is 11.2 Å². The first-order valence-electron chi connectivity index (χ1n) is 24.7.